The fraction of sp³-hybridized carbons (Fsp3) is 0.647. The third-order valence-electron chi connectivity index (χ3n) is 4.34. The van der Waals surface area contributed by atoms with Crippen molar-refractivity contribution in [3.05, 3.63) is 29.8 Å². The monoisotopic (exact) mass is 291 g/mol. The number of nitrogens with zero attached hydrogens (tertiary/aromatic N) is 2. The summed E-state index contributed by atoms with van der Waals surface area (Å²) in [7, 11) is 6.51. The van der Waals surface area contributed by atoms with Crippen LogP contribution < -0.4 is 10.1 Å². The van der Waals surface area contributed by atoms with Gasteiger partial charge in [-0.25, -0.2) is 0 Å². The van der Waals surface area contributed by atoms with Crippen LogP contribution in [0.1, 0.15) is 24.9 Å². The highest BCUT2D eigenvalue weighted by Crippen LogP contribution is 2.25. The second-order valence-electron chi connectivity index (χ2n) is 5.94. The van der Waals surface area contributed by atoms with Gasteiger partial charge in [0.05, 0.1) is 6.61 Å². The number of ether oxygens (including phenoxy) is 1. The van der Waals surface area contributed by atoms with Crippen molar-refractivity contribution in [2.24, 2.45) is 0 Å². The summed E-state index contributed by atoms with van der Waals surface area (Å²) < 4.78 is 5.65. The van der Waals surface area contributed by atoms with E-state index in [1.807, 2.05) is 13.0 Å². The van der Waals surface area contributed by atoms with Crippen molar-refractivity contribution >= 4 is 0 Å². The number of nitrogens with one attached hydrogen (secondary N) is 1. The highest BCUT2D eigenvalue weighted by molar-refractivity contribution is 5.31. The Hall–Kier alpha value is -1.10. The van der Waals surface area contributed by atoms with Gasteiger partial charge in [-0.3, -0.25) is 0 Å². The van der Waals surface area contributed by atoms with Crippen molar-refractivity contribution in [1.82, 2.24) is 15.1 Å². The van der Waals surface area contributed by atoms with E-state index in [2.05, 4.69) is 54.5 Å². The molecule has 1 fully saturated rings. The lowest BCUT2D eigenvalue weighted by Crippen LogP contribution is -2.46. The van der Waals surface area contributed by atoms with Gasteiger partial charge in [-0.2, -0.15) is 0 Å². The van der Waals surface area contributed by atoms with Crippen LogP contribution in [0.2, 0.25) is 0 Å². The zero-order valence-electron chi connectivity index (χ0n) is 13.8. The second-order valence-corrected chi connectivity index (χ2v) is 5.94. The Bertz CT molecular complexity index is 438. The molecule has 1 aromatic rings. The average molecular weight is 291 g/mol. The molecule has 118 valence electrons. The van der Waals surface area contributed by atoms with Crippen molar-refractivity contribution in [3.8, 4) is 5.75 Å². The minimum absolute atomic E-state index is 0.316. The van der Waals surface area contributed by atoms with E-state index in [1.54, 1.807) is 0 Å². The van der Waals surface area contributed by atoms with Gasteiger partial charge in [-0.1, -0.05) is 12.1 Å². The molecular formula is C17H29N3O. The van der Waals surface area contributed by atoms with Crippen LogP contribution in [-0.4, -0.2) is 63.2 Å². The number of benzene rings is 1. The highest BCUT2D eigenvalue weighted by Gasteiger charge is 2.28. The maximum atomic E-state index is 5.65. The SMILES string of the molecule is CCOc1cccc(C(NC)C2CN(C)CCCN2C)c1. The van der Waals surface area contributed by atoms with Crippen LogP contribution in [0.4, 0.5) is 0 Å². The van der Waals surface area contributed by atoms with Crippen LogP contribution in [-0.2, 0) is 0 Å². The molecule has 4 nitrogen and oxygen atoms in total. The fourth-order valence-electron chi connectivity index (χ4n) is 3.21. The van der Waals surface area contributed by atoms with Crippen molar-refractivity contribution in [2.45, 2.75) is 25.4 Å². The van der Waals surface area contributed by atoms with Crippen LogP contribution in [0.15, 0.2) is 24.3 Å². The largest absolute Gasteiger partial charge is 0.494 e. The van der Waals surface area contributed by atoms with Crippen LogP contribution in [0.3, 0.4) is 0 Å². The normalized spacial score (nSPS) is 22.8. The van der Waals surface area contributed by atoms with Crippen molar-refractivity contribution < 1.29 is 4.74 Å². The van der Waals surface area contributed by atoms with Gasteiger partial charge in [0.15, 0.2) is 0 Å². The number of hydrogen-bond acceptors (Lipinski definition) is 4. The molecule has 0 spiro atoms. The quantitative estimate of drug-likeness (QED) is 0.898. The molecule has 4 heteroatoms. The van der Waals surface area contributed by atoms with Gasteiger partial charge in [0, 0.05) is 18.6 Å². The van der Waals surface area contributed by atoms with E-state index in [4.69, 9.17) is 4.74 Å². The van der Waals surface area contributed by atoms with Gasteiger partial charge in [0.25, 0.3) is 0 Å². The van der Waals surface area contributed by atoms with E-state index in [1.165, 1.54) is 18.5 Å². The summed E-state index contributed by atoms with van der Waals surface area (Å²) in [5.41, 5.74) is 1.30. The van der Waals surface area contributed by atoms with E-state index in [0.29, 0.717) is 18.7 Å². The first-order valence-corrected chi connectivity index (χ1v) is 7.94. The molecule has 2 atom stereocenters. The third-order valence-corrected chi connectivity index (χ3v) is 4.34. The first-order valence-electron chi connectivity index (χ1n) is 7.94. The van der Waals surface area contributed by atoms with Gasteiger partial charge in [-0.15, -0.1) is 0 Å². The predicted molar refractivity (Wildman–Crippen MR) is 87.9 cm³/mol. The second kappa shape index (κ2) is 7.78. The van der Waals surface area contributed by atoms with Crippen molar-refractivity contribution in [1.29, 1.82) is 0 Å². The minimum Gasteiger partial charge on any atom is -0.494 e. The summed E-state index contributed by atoms with van der Waals surface area (Å²) in [5.74, 6) is 0.958. The van der Waals surface area contributed by atoms with Gasteiger partial charge in [-0.05, 0) is 65.3 Å². The molecule has 1 aliphatic rings. The summed E-state index contributed by atoms with van der Waals surface area (Å²) in [6.45, 7) is 6.14. The molecule has 0 bridgehead atoms. The summed E-state index contributed by atoms with van der Waals surface area (Å²) in [6, 6.07) is 9.27. The molecule has 21 heavy (non-hydrogen) atoms. The number of rotatable bonds is 5. The van der Waals surface area contributed by atoms with Crippen LogP contribution in [0.25, 0.3) is 0 Å². The molecule has 1 N–H and O–H groups in total. The Labute approximate surface area is 129 Å². The van der Waals surface area contributed by atoms with Gasteiger partial charge in [0.1, 0.15) is 5.75 Å². The van der Waals surface area contributed by atoms with Gasteiger partial charge in [0.2, 0.25) is 0 Å². The van der Waals surface area contributed by atoms with E-state index in [0.717, 1.165) is 18.8 Å². The lowest BCUT2D eigenvalue weighted by Gasteiger charge is -2.34. The molecule has 1 heterocycles. The van der Waals surface area contributed by atoms with E-state index < -0.39 is 0 Å². The summed E-state index contributed by atoms with van der Waals surface area (Å²) in [5, 5.41) is 3.51. The van der Waals surface area contributed by atoms with E-state index in [9.17, 15) is 0 Å². The molecule has 2 unspecified atom stereocenters. The van der Waals surface area contributed by atoms with Crippen LogP contribution in [0.5, 0.6) is 5.75 Å². The molecule has 0 aromatic heterocycles. The van der Waals surface area contributed by atoms with Crippen molar-refractivity contribution in [2.75, 3.05) is 47.4 Å². The summed E-state index contributed by atoms with van der Waals surface area (Å²) >= 11 is 0. The zero-order valence-corrected chi connectivity index (χ0v) is 13.8. The van der Waals surface area contributed by atoms with Crippen LogP contribution >= 0.6 is 0 Å². The number of likely N-dealkylation sites (N-methyl/N-ethyl adjacent to an activating group) is 3. The maximum absolute atomic E-state index is 5.65. The lowest BCUT2D eigenvalue weighted by molar-refractivity contribution is 0.182. The molecule has 1 aromatic carbocycles. The summed E-state index contributed by atoms with van der Waals surface area (Å²) in [6.07, 6.45) is 1.24. The smallest absolute Gasteiger partial charge is 0.119 e. The standard InChI is InChI=1S/C17H29N3O/c1-5-21-15-9-6-8-14(12-15)17(18-2)16-13-19(3)10-7-11-20(16)4/h6,8-9,12,16-18H,5,7,10-11,13H2,1-4H3. The summed E-state index contributed by atoms with van der Waals surface area (Å²) in [4.78, 5) is 4.92. The zero-order chi connectivity index (χ0) is 15.2. The molecule has 0 saturated carbocycles. The lowest BCUT2D eigenvalue weighted by atomic mass is 9.97. The molecule has 1 aliphatic heterocycles. The maximum Gasteiger partial charge on any atom is 0.119 e. The van der Waals surface area contributed by atoms with Crippen LogP contribution in [0, 0.1) is 0 Å². The molecule has 2 rings (SSSR count). The Morgan fingerprint density at radius 3 is 2.86 bits per heavy atom. The Balaban J connectivity index is 2.22. The molecular weight excluding hydrogens is 262 g/mol. The first-order chi connectivity index (χ1) is 10.2. The Kier molecular flexibility index (Phi) is 6.03. The number of hydrogen-bond donors (Lipinski definition) is 1. The topological polar surface area (TPSA) is 27.7 Å². The van der Waals surface area contributed by atoms with Crippen molar-refractivity contribution in [3.63, 3.8) is 0 Å². The first kappa shape index (κ1) is 16.3. The van der Waals surface area contributed by atoms with Gasteiger partial charge < -0.3 is 19.9 Å². The molecule has 0 amide bonds. The molecule has 1 saturated heterocycles. The molecule has 0 radical (unpaired) electrons. The van der Waals surface area contributed by atoms with Gasteiger partial charge >= 0.3 is 0 Å². The highest BCUT2D eigenvalue weighted by atomic mass is 16.5. The van der Waals surface area contributed by atoms with E-state index >= 15 is 0 Å². The fourth-order valence-corrected chi connectivity index (χ4v) is 3.21. The van der Waals surface area contributed by atoms with E-state index in [-0.39, 0.29) is 0 Å². The minimum atomic E-state index is 0.316. The predicted octanol–water partition coefficient (Wildman–Crippen LogP) is 1.98. The molecule has 0 aliphatic carbocycles. The Morgan fingerprint density at radius 2 is 2.14 bits per heavy atom. The third kappa shape index (κ3) is 4.19. The average Bonchev–Trinajstić information content (AvgIpc) is 2.63. The Morgan fingerprint density at radius 1 is 1.33 bits per heavy atom.